The maximum absolute atomic E-state index is 11.3. The average molecular weight is 186 g/mol. The lowest BCUT2D eigenvalue weighted by Crippen LogP contribution is -2.53. The predicted octanol–water partition coefficient (Wildman–Crippen LogP) is -1.33. The van der Waals surface area contributed by atoms with E-state index in [1.807, 2.05) is 0 Å². The highest BCUT2D eigenvalue weighted by Crippen LogP contribution is 2.03. The first kappa shape index (κ1) is 9.98. The second-order valence-corrected chi connectivity index (χ2v) is 3.37. The van der Waals surface area contributed by atoms with Crippen molar-refractivity contribution in [3.63, 3.8) is 0 Å². The summed E-state index contributed by atoms with van der Waals surface area (Å²) in [5.41, 5.74) is 0. The van der Waals surface area contributed by atoms with Gasteiger partial charge in [-0.1, -0.05) is 0 Å². The Hall–Kier alpha value is -1.10. The number of nitrogens with zero attached hydrogens (tertiary/aromatic N) is 2. The fourth-order valence-electron chi connectivity index (χ4n) is 1.25. The number of carbonyl (C=O) groups excluding carboxylic acids is 2. The van der Waals surface area contributed by atoms with E-state index < -0.39 is 6.10 Å². The summed E-state index contributed by atoms with van der Waals surface area (Å²) < 4.78 is 0. The maximum Gasteiger partial charge on any atom is 0.242 e. The van der Waals surface area contributed by atoms with Crippen LogP contribution in [0.3, 0.4) is 0 Å². The Kier molecular flexibility index (Phi) is 2.87. The summed E-state index contributed by atoms with van der Waals surface area (Å²) in [6, 6.07) is 0. The van der Waals surface area contributed by atoms with Crippen LogP contribution in [-0.2, 0) is 9.59 Å². The number of carbonyl (C=O) groups is 2. The summed E-state index contributed by atoms with van der Waals surface area (Å²) in [7, 11) is 1.60. The predicted molar refractivity (Wildman–Crippen MR) is 45.9 cm³/mol. The topological polar surface area (TPSA) is 60.9 Å². The molecule has 1 N–H and O–H groups in total. The van der Waals surface area contributed by atoms with Crippen LogP contribution in [0.25, 0.3) is 0 Å². The molecule has 74 valence electrons. The van der Waals surface area contributed by atoms with Crippen molar-refractivity contribution in [3.8, 4) is 0 Å². The van der Waals surface area contributed by atoms with Crippen molar-refractivity contribution in [2.24, 2.45) is 0 Å². The molecule has 1 aliphatic rings. The molecule has 0 aromatic rings. The Bertz CT molecular complexity index is 227. The van der Waals surface area contributed by atoms with Crippen LogP contribution in [0.5, 0.6) is 0 Å². The zero-order chi connectivity index (χ0) is 10.0. The number of hydrogen-bond acceptors (Lipinski definition) is 3. The molecule has 1 rings (SSSR count). The maximum atomic E-state index is 11.3. The van der Waals surface area contributed by atoms with E-state index in [1.165, 1.54) is 9.80 Å². The summed E-state index contributed by atoms with van der Waals surface area (Å²) in [5, 5.41) is 9.06. The van der Waals surface area contributed by atoms with Crippen molar-refractivity contribution in [2.45, 2.75) is 13.0 Å². The van der Waals surface area contributed by atoms with E-state index in [2.05, 4.69) is 0 Å². The summed E-state index contributed by atoms with van der Waals surface area (Å²) in [6.45, 7) is 2.03. The Morgan fingerprint density at radius 2 is 2.00 bits per heavy atom. The van der Waals surface area contributed by atoms with Gasteiger partial charge in [-0.15, -0.1) is 0 Å². The minimum absolute atomic E-state index is 0.0831. The first-order chi connectivity index (χ1) is 6.00. The highest BCUT2D eigenvalue weighted by molar-refractivity contribution is 5.92. The Morgan fingerprint density at radius 1 is 1.38 bits per heavy atom. The van der Waals surface area contributed by atoms with Gasteiger partial charge in [0.15, 0.2) is 0 Å². The lowest BCUT2D eigenvalue weighted by atomic mass is 10.2. The van der Waals surface area contributed by atoms with E-state index in [4.69, 9.17) is 5.11 Å². The van der Waals surface area contributed by atoms with Crippen LogP contribution in [-0.4, -0.2) is 59.5 Å². The van der Waals surface area contributed by atoms with Crippen molar-refractivity contribution in [1.82, 2.24) is 9.80 Å². The van der Waals surface area contributed by atoms with Gasteiger partial charge in [-0.25, -0.2) is 0 Å². The third kappa shape index (κ3) is 2.42. The molecule has 2 amide bonds. The normalized spacial score (nSPS) is 20.8. The van der Waals surface area contributed by atoms with Crippen LogP contribution < -0.4 is 0 Å². The van der Waals surface area contributed by atoms with Crippen LogP contribution in [0.15, 0.2) is 0 Å². The molecule has 0 radical (unpaired) electrons. The zero-order valence-electron chi connectivity index (χ0n) is 7.86. The molecular formula is C8H14N2O3. The van der Waals surface area contributed by atoms with E-state index in [1.54, 1.807) is 14.0 Å². The van der Waals surface area contributed by atoms with E-state index >= 15 is 0 Å². The molecular weight excluding hydrogens is 172 g/mol. The van der Waals surface area contributed by atoms with Crippen LogP contribution in [0.2, 0.25) is 0 Å². The summed E-state index contributed by atoms with van der Waals surface area (Å²) >= 11 is 0. The van der Waals surface area contributed by atoms with Crippen molar-refractivity contribution < 1.29 is 14.7 Å². The number of amides is 2. The highest BCUT2D eigenvalue weighted by Gasteiger charge is 2.27. The van der Waals surface area contributed by atoms with Crippen molar-refractivity contribution >= 4 is 11.8 Å². The van der Waals surface area contributed by atoms with Gasteiger partial charge < -0.3 is 14.9 Å². The van der Waals surface area contributed by atoms with Gasteiger partial charge in [-0.2, -0.15) is 0 Å². The Balaban J connectivity index is 2.56. The van der Waals surface area contributed by atoms with Gasteiger partial charge in [-0.3, -0.25) is 9.59 Å². The molecule has 1 atom stereocenters. The number of piperazine rings is 1. The van der Waals surface area contributed by atoms with E-state index in [0.717, 1.165) is 0 Å². The number of aliphatic hydroxyl groups is 1. The molecule has 0 saturated carbocycles. The molecule has 0 spiro atoms. The first-order valence-corrected chi connectivity index (χ1v) is 4.20. The van der Waals surface area contributed by atoms with Crippen molar-refractivity contribution in [3.05, 3.63) is 0 Å². The van der Waals surface area contributed by atoms with Crippen molar-refractivity contribution in [1.29, 1.82) is 0 Å². The Labute approximate surface area is 76.9 Å². The molecule has 5 heteroatoms. The minimum atomic E-state index is -0.583. The molecule has 1 aliphatic heterocycles. The quantitative estimate of drug-likeness (QED) is 0.581. The summed E-state index contributed by atoms with van der Waals surface area (Å²) in [5.74, 6) is -0.191. The van der Waals surface area contributed by atoms with E-state index in [9.17, 15) is 9.59 Å². The summed E-state index contributed by atoms with van der Waals surface area (Å²) in [6.07, 6.45) is -0.583. The van der Waals surface area contributed by atoms with Gasteiger partial charge in [0.05, 0.1) is 19.2 Å². The standard InChI is InChI=1S/C8H14N2O3/c1-6(11)3-10-5-7(12)9(2)4-8(10)13/h6,11H,3-5H2,1-2H3/t6-/m1/s1. The molecule has 0 unspecified atom stereocenters. The molecule has 0 aromatic carbocycles. The number of rotatable bonds is 2. The SMILES string of the molecule is C[C@@H](O)CN1CC(=O)N(C)CC1=O. The first-order valence-electron chi connectivity index (χ1n) is 4.20. The lowest BCUT2D eigenvalue weighted by molar-refractivity contribution is -0.149. The third-order valence-electron chi connectivity index (χ3n) is 1.96. The third-order valence-corrected chi connectivity index (χ3v) is 1.96. The number of likely N-dealkylation sites (N-methyl/N-ethyl adjacent to an activating group) is 1. The van der Waals surface area contributed by atoms with E-state index in [-0.39, 0.29) is 31.4 Å². The number of hydrogen-bond donors (Lipinski definition) is 1. The molecule has 0 aromatic heterocycles. The highest BCUT2D eigenvalue weighted by atomic mass is 16.3. The smallest absolute Gasteiger partial charge is 0.242 e. The average Bonchev–Trinajstić information content (AvgIpc) is 1.99. The largest absolute Gasteiger partial charge is 0.392 e. The van der Waals surface area contributed by atoms with Gasteiger partial charge in [0.2, 0.25) is 11.8 Å². The number of aliphatic hydroxyl groups excluding tert-OH is 1. The molecule has 13 heavy (non-hydrogen) atoms. The molecule has 0 aliphatic carbocycles. The van der Waals surface area contributed by atoms with Crippen LogP contribution >= 0.6 is 0 Å². The zero-order valence-corrected chi connectivity index (χ0v) is 7.86. The van der Waals surface area contributed by atoms with Crippen LogP contribution in [0, 0.1) is 0 Å². The van der Waals surface area contributed by atoms with Gasteiger partial charge in [0, 0.05) is 13.6 Å². The Morgan fingerprint density at radius 3 is 2.54 bits per heavy atom. The van der Waals surface area contributed by atoms with Crippen molar-refractivity contribution in [2.75, 3.05) is 26.7 Å². The second kappa shape index (κ2) is 3.74. The molecule has 1 saturated heterocycles. The molecule has 1 fully saturated rings. The fraction of sp³-hybridized carbons (Fsp3) is 0.750. The van der Waals surface area contributed by atoms with Gasteiger partial charge in [0.25, 0.3) is 0 Å². The molecule has 0 bridgehead atoms. The summed E-state index contributed by atoms with van der Waals surface area (Å²) in [4.78, 5) is 25.3. The molecule has 5 nitrogen and oxygen atoms in total. The van der Waals surface area contributed by atoms with Gasteiger partial charge >= 0.3 is 0 Å². The monoisotopic (exact) mass is 186 g/mol. The fourth-order valence-corrected chi connectivity index (χ4v) is 1.25. The van der Waals surface area contributed by atoms with E-state index in [0.29, 0.717) is 0 Å². The van der Waals surface area contributed by atoms with Gasteiger partial charge in [0.1, 0.15) is 0 Å². The lowest BCUT2D eigenvalue weighted by Gasteiger charge is -2.32. The minimum Gasteiger partial charge on any atom is -0.392 e. The number of β-amino-alcohol motifs (C(OH)–C–C–N with tert-alkyl or cyclic N) is 1. The van der Waals surface area contributed by atoms with Crippen LogP contribution in [0.1, 0.15) is 6.92 Å². The second-order valence-electron chi connectivity index (χ2n) is 3.37. The van der Waals surface area contributed by atoms with Gasteiger partial charge in [-0.05, 0) is 6.92 Å². The van der Waals surface area contributed by atoms with Crippen LogP contribution in [0.4, 0.5) is 0 Å². The molecule has 1 heterocycles.